The Morgan fingerprint density at radius 3 is 2.50 bits per heavy atom. The van der Waals surface area contributed by atoms with E-state index in [9.17, 15) is 4.79 Å². The van der Waals surface area contributed by atoms with E-state index in [2.05, 4.69) is 21.1 Å². The molecule has 0 aliphatic heterocycles. The van der Waals surface area contributed by atoms with Gasteiger partial charge in [0.25, 0.3) is 0 Å². The minimum Gasteiger partial charge on any atom is -0.318 e. The van der Waals surface area contributed by atoms with Crippen molar-refractivity contribution in [1.29, 1.82) is 0 Å². The Kier molecular flexibility index (Phi) is 4.39. The molecule has 22 heavy (non-hydrogen) atoms. The van der Waals surface area contributed by atoms with Gasteiger partial charge in [-0.25, -0.2) is 4.79 Å². The molecule has 2 atom stereocenters. The van der Waals surface area contributed by atoms with Crippen molar-refractivity contribution in [1.82, 2.24) is 0 Å². The predicted molar refractivity (Wildman–Crippen MR) is 89.7 cm³/mol. The van der Waals surface area contributed by atoms with E-state index in [1.54, 1.807) is 0 Å². The van der Waals surface area contributed by atoms with Crippen molar-refractivity contribution in [3.05, 3.63) is 70.2 Å². The summed E-state index contributed by atoms with van der Waals surface area (Å²) in [6.07, 6.45) is 0.843. The van der Waals surface area contributed by atoms with Crippen molar-refractivity contribution < 1.29 is 9.63 Å². The standard InChI is InChI=1S/C18H16BrNO2/c1-12(13-7-9-15(19)10-8-13)20-22-18(21)17-11-16(17)14-5-3-2-4-6-14/h2-10,16-17H,11H2,1H3/t16-,17-/m1/s1. The van der Waals surface area contributed by atoms with Gasteiger partial charge in [-0.2, -0.15) is 0 Å². The quantitative estimate of drug-likeness (QED) is 0.458. The molecule has 1 saturated carbocycles. The third-order valence-corrected chi connectivity index (χ3v) is 4.38. The third kappa shape index (κ3) is 3.45. The molecule has 1 fully saturated rings. The second-order valence-corrected chi connectivity index (χ2v) is 6.37. The molecule has 0 amide bonds. The number of hydrogen-bond acceptors (Lipinski definition) is 3. The maximum absolute atomic E-state index is 12.0. The van der Waals surface area contributed by atoms with E-state index >= 15 is 0 Å². The number of nitrogens with zero attached hydrogens (tertiary/aromatic N) is 1. The number of oxime groups is 1. The Morgan fingerprint density at radius 2 is 1.82 bits per heavy atom. The zero-order chi connectivity index (χ0) is 15.5. The van der Waals surface area contributed by atoms with Gasteiger partial charge in [-0.3, -0.25) is 0 Å². The van der Waals surface area contributed by atoms with Crippen molar-refractivity contribution in [3.63, 3.8) is 0 Å². The van der Waals surface area contributed by atoms with E-state index in [-0.39, 0.29) is 17.8 Å². The fraction of sp³-hybridized carbons (Fsp3) is 0.222. The van der Waals surface area contributed by atoms with Gasteiger partial charge in [0.2, 0.25) is 0 Å². The van der Waals surface area contributed by atoms with Crippen LogP contribution in [0.5, 0.6) is 0 Å². The summed E-state index contributed by atoms with van der Waals surface area (Å²) in [5, 5.41) is 3.97. The summed E-state index contributed by atoms with van der Waals surface area (Å²) in [6, 6.07) is 17.8. The lowest BCUT2D eigenvalue weighted by atomic mass is 10.1. The minimum absolute atomic E-state index is 0.0659. The van der Waals surface area contributed by atoms with Crippen LogP contribution in [0, 0.1) is 5.92 Å². The summed E-state index contributed by atoms with van der Waals surface area (Å²) in [4.78, 5) is 17.1. The Morgan fingerprint density at radius 1 is 1.14 bits per heavy atom. The first-order valence-corrected chi connectivity index (χ1v) is 8.01. The van der Waals surface area contributed by atoms with E-state index in [1.165, 1.54) is 5.56 Å². The van der Waals surface area contributed by atoms with Crippen LogP contribution in [0.4, 0.5) is 0 Å². The molecule has 0 aromatic heterocycles. The summed E-state index contributed by atoms with van der Waals surface area (Å²) in [5.74, 6) is -0.0360. The van der Waals surface area contributed by atoms with Gasteiger partial charge in [0.05, 0.1) is 11.6 Å². The minimum atomic E-state index is -0.245. The van der Waals surface area contributed by atoms with Gasteiger partial charge in [-0.05, 0) is 42.5 Å². The van der Waals surface area contributed by atoms with Crippen molar-refractivity contribution in [2.75, 3.05) is 0 Å². The first kappa shape index (κ1) is 15.0. The average Bonchev–Trinajstić information content (AvgIpc) is 3.34. The number of carbonyl (C=O) groups excluding carboxylic acids is 1. The smallest absolute Gasteiger partial charge is 0.318 e. The molecule has 1 aliphatic carbocycles. The normalized spacial score (nSPS) is 20.5. The third-order valence-electron chi connectivity index (χ3n) is 3.86. The first-order valence-electron chi connectivity index (χ1n) is 7.21. The summed E-state index contributed by atoms with van der Waals surface area (Å²) >= 11 is 3.39. The molecule has 0 unspecified atom stereocenters. The molecular formula is C18H16BrNO2. The molecule has 2 aromatic carbocycles. The van der Waals surface area contributed by atoms with Crippen LogP contribution in [0.3, 0.4) is 0 Å². The summed E-state index contributed by atoms with van der Waals surface area (Å²) < 4.78 is 1.00. The van der Waals surface area contributed by atoms with E-state index in [0.717, 1.165) is 16.5 Å². The highest BCUT2D eigenvalue weighted by molar-refractivity contribution is 9.10. The highest BCUT2D eigenvalue weighted by atomic mass is 79.9. The van der Waals surface area contributed by atoms with Gasteiger partial charge in [-0.15, -0.1) is 0 Å². The predicted octanol–water partition coefficient (Wildman–Crippen LogP) is 4.52. The summed E-state index contributed by atoms with van der Waals surface area (Å²) in [7, 11) is 0. The van der Waals surface area contributed by atoms with E-state index in [4.69, 9.17) is 4.84 Å². The lowest BCUT2D eigenvalue weighted by Gasteiger charge is -2.02. The lowest BCUT2D eigenvalue weighted by Crippen LogP contribution is -2.06. The summed E-state index contributed by atoms with van der Waals surface area (Å²) in [5.41, 5.74) is 2.82. The first-order chi connectivity index (χ1) is 10.6. The van der Waals surface area contributed by atoms with Crippen LogP contribution in [-0.2, 0) is 9.63 Å². The molecule has 0 bridgehead atoms. The van der Waals surface area contributed by atoms with Crippen LogP contribution in [0.25, 0.3) is 0 Å². The van der Waals surface area contributed by atoms with Crippen molar-refractivity contribution in [2.24, 2.45) is 11.1 Å². The topological polar surface area (TPSA) is 38.7 Å². The molecule has 112 valence electrons. The maximum Gasteiger partial charge on any atom is 0.338 e. The summed E-state index contributed by atoms with van der Waals surface area (Å²) in [6.45, 7) is 1.83. The largest absolute Gasteiger partial charge is 0.338 e. The van der Waals surface area contributed by atoms with E-state index < -0.39 is 0 Å². The number of hydrogen-bond donors (Lipinski definition) is 0. The molecule has 0 saturated heterocycles. The Hall–Kier alpha value is -1.94. The fourth-order valence-electron chi connectivity index (χ4n) is 2.45. The van der Waals surface area contributed by atoms with Gasteiger partial charge in [0.1, 0.15) is 0 Å². The molecule has 0 heterocycles. The van der Waals surface area contributed by atoms with Gasteiger partial charge >= 0.3 is 5.97 Å². The molecule has 0 spiro atoms. The van der Waals surface area contributed by atoms with Crippen LogP contribution in [0.2, 0.25) is 0 Å². The van der Waals surface area contributed by atoms with Crippen LogP contribution in [0.15, 0.2) is 64.2 Å². The molecule has 1 aliphatic rings. The zero-order valence-electron chi connectivity index (χ0n) is 12.2. The van der Waals surface area contributed by atoms with Crippen molar-refractivity contribution in [2.45, 2.75) is 19.3 Å². The Labute approximate surface area is 138 Å². The maximum atomic E-state index is 12.0. The van der Waals surface area contributed by atoms with E-state index in [0.29, 0.717) is 5.71 Å². The number of halogens is 1. The van der Waals surface area contributed by atoms with E-state index in [1.807, 2.05) is 61.5 Å². The molecule has 2 aromatic rings. The number of benzene rings is 2. The Bertz CT molecular complexity index is 695. The van der Waals surface area contributed by atoms with Crippen LogP contribution < -0.4 is 0 Å². The molecule has 0 radical (unpaired) electrons. The number of carbonyl (C=O) groups is 1. The zero-order valence-corrected chi connectivity index (χ0v) is 13.8. The average molecular weight is 358 g/mol. The molecule has 0 N–H and O–H groups in total. The van der Waals surface area contributed by atoms with Gasteiger partial charge in [0.15, 0.2) is 0 Å². The van der Waals surface area contributed by atoms with Crippen LogP contribution in [0.1, 0.15) is 30.4 Å². The van der Waals surface area contributed by atoms with Gasteiger partial charge in [-0.1, -0.05) is 63.6 Å². The lowest BCUT2D eigenvalue weighted by molar-refractivity contribution is -0.145. The highest BCUT2D eigenvalue weighted by Gasteiger charge is 2.45. The molecular weight excluding hydrogens is 342 g/mol. The molecule has 3 nitrogen and oxygen atoms in total. The Balaban J connectivity index is 1.59. The monoisotopic (exact) mass is 357 g/mol. The van der Waals surface area contributed by atoms with Crippen molar-refractivity contribution >= 4 is 27.6 Å². The fourth-order valence-corrected chi connectivity index (χ4v) is 2.71. The van der Waals surface area contributed by atoms with Crippen LogP contribution in [-0.4, -0.2) is 11.7 Å². The SMILES string of the molecule is CC(=NOC(=O)[C@@H]1C[C@@H]1c1ccccc1)c1ccc(Br)cc1. The second-order valence-electron chi connectivity index (χ2n) is 5.45. The van der Waals surface area contributed by atoms with Gasteiger partial charge in [0, 0.05) is 4.47 Å². The molecule has 4 heteroatoms. The van der Waals surface area contributed by atoms with Crippen molar-refractivity contribution in [3.8, 4) is 0 Å². The second kappa shape index (κ2) is 6.44. The van der Waals surface area contributed by atoms with Crippen LogP contribution >= 0.6 is 15.9 Å². The molecule has 3 rings (SSSR count). The van der Waals surface area contributed by atoms with Gasteiger partial charge < -0.3 is 4.84 Å². The number of rotatable bonds is 4. The highest BCUT2D eigenvalue weighted by Crippen LogP contribution is 2.48.